The van der Waals surface area contributed by atoms with Crippen LogP contribution in [0, 0.1) is 12.7 Å². The molecule has 1 heterocycles. The van der Waals surface area contributed by atoms with Crippen molar-refractivity contribution >= 4 is 17.3 Å². The first-order chi connectivity index (χ1) is 11.8. The van der Waals surface area contributed by atoms with Gasteiger partial charge in [-0.1, -0.05) is 6.92 Å². The number of aryl methyl sites for hydroxylation is 1. The number of halogens is 1. The van der Waals surface area contributed by atoms with Crippen molar-refractivity contribution in [3.8, 4) is 0 Å². The number of nitrogens with one attached hydrogen (secondary N) is 1. The summed E-state index contributed by atoms with van der Waals surface area (Å²) in [6.07, 6.45) is 0.628. The highest BCUT2D eigenvalue weighted by atomic mass is 19.1. The Morgan fingerprint density at radius 2 is 2.00 bits per heavy atom. The van der Waals surface area contributed by atoms with Crippen molar-refractivity contribution in [2.45, 2.75) is 26.8 Å². The second kappa shape index (κ2) is 7.33. The molecule has 0 amide bonds. The molecule has 0 spiro atoms. The first-order valence-electron chi connectivity index (χ1n) is 7.90. The molecular formula is C17H21FN4O3. The van der Waals surface area contributed by atoms with Crippen molar-refractivity contribution in [3.05, 3.63) is 56.0 Å². The lowest BCUT2D eigenvalue weighted by Crippen LogP contribution is -2.43. The number of hydrogen-bond donors (Lipinski definition) is 2. The highest BCUT2D eigenvalue weighted by molar-refractivity contribution is 6.02. The van der Waals surface area contributed by atoms with Gasteiger partial charge in [-0.15, -0.1) is 0 Å². The molecule has 0 bridgehead atoms. The van der Waals surface area contributed by atoms with E-state index in [-0.39, 0.29) is 23.7 Å². The van der Waals surface area contributed by atoms with Crippen molar-refractivity contribution in [1.29, 1.82) is 0 Å². The van der Waals surface area contributed by atoms with E-state index in [0.29, 0.717) is 24.2 Å². The Bertz CT molecular complexity index is 931. The van der Waals surface area contributed by atoms with Crippen LogP contribution in [0.2, 0.25) is 0 Å². The Labute approximate surface area is 143 Å². The number of nitrogens with zero attached hydrogens (tertiary/aromatic N) is 2. The fourth-order valence-corrected chi connectivity index (χ4v) is 2.57. The number of ketones is 1. The minimum absolute atomic E-state index is 0.127. The van der Waals surface area contributed by atoms with E-state index in [9.17, 15) is 18.8 Å². The van der Waals surface area contributed by atoms with E-state index in [0.717, 1.165) is 4.57 Å². The van der Waals surface area contributed by atoms with Crippen LogP contribution < -0.4 is 22.3 Å². The maximum Gasteiger partial charge on any atom is 0.332 e. The van der Waals surface area contributed by atoms with Gasteiger partial charge >= 0.3 is 5.69 Å². The minimum atomic E-state index is -0.725. The van der Waals surface area contributed by atoms with Gasteiger partial charge in [-0.2, -0.15) is 0 Å². The van der Waals surface area contributed by atoms with E-state index in [2.05, 4.69) is 5.32 Å². The van der Waals surface area contributed by atoms with Gasteiger partial charge in [0.1, 0.15) is 17.2 Å². The van der Waals surface area contributed by atoms with Crippen LogP contribution in [0.25, 0.3) is 0 Å². The number of hydrogen-bond acceptors (Lipinski definition) is 5. The molecule has 0 saturated carbocycles. The summed E-state index contributed by atoms with van der Waals surface area (Å²) in [5.41, 5.74) is 5.62. The second-order valence-corrected chi connectivity index (χ2v) is 5.79. The van der Waals surface area contributed by atoms with Crippen LogP contribution in [0.3, 0.4) is 0 Å². The first kappa shape index (κ1) is 18.4. The quantitative estimate of drug-likeness (QED) is 0.766. The number of Topliss-reactive ketones (excluding diaryl/α,β-unsaturated/α-hetero) is 1. The predicted octanol–water partition coefficient (Wildman–Crippen LogP) is 1.28. The number of aromatic nitrogens is 2. The molecule has 0 aliphatic carbocycles. The summed E-state index contributed by atoms with van der Waals surface area (Å²) >= 11 is 0. The van der Waals surface area contributed by atoms with Crippen molar-refractivity contribution in [3.63, 3.8) is 0 Å². The molecule has 25 heavy (non-hydrogen) atoms. The lowest BCUT2D eigenvalue weighted by atomic mass is 10.1. The maximum absolute atomic E-state index is 13.1. The Kier molecular flexibility index (Phi) is 5.41. The molecule has 0 aliphatic rings. The zero-order chi connectivity index (χ0) is 18.7. The highest BCUT2D eigenvalue weighted by Crippen LogP contribution is 2.16. The summed E-state index contributed by atoms with van der Waals surface area (Å²) < 4.78 is 15.2. The molecule has 0 atom stereocenters. The van der Waals surface area contributed by atoms with Gasteiger partial charge in [0.05, 0.1) is 6.54 Å². The standard InChI is InChI=1S/C17H21FN4O3/c1-4-7-22-15(19)14(16(24)21(3)17(22)25)13(23)9-20-12-6-5-11(18)8-10(12)2/h5-6,8,20H,4,7,9,19H2,1-3H3. The van der Waals surface area contributed by atoms with Gasteiger partial charge in [0, 0.05) is 19.3 Å². The first-order valence-corrected chi connectivity index (χ1v) is 7.90. The van der Waals surface area contributed by atoms with Crippen LogP contribution in [0.4, 0.5) is 15.9 Å². The van der Waals surface area contributed by atoms with Gasteiger partial charge in [0.15, 0.2) is 5.78 Å². The van der Waals surface area contributed by atoms with Crippen LogP contribution in [0.5, 0.6) is 0 Å². The number of rotatable bonds is 6. The van der Waals surface area contributed by atoms with E-state index in [1.807, 2.05) is 6.92 Å². The van der Waals surface area contributed by atoms with E-state index >= 15 is 0 Å². The van der Waals surface area contributed by atoms with Crippen LogP contribution in [0.15, 0.2) is 27.8 Å². The molecule has 2 aromatic rings. The number of nitrogen functional groups attached to an aromatic ring is 1. The fourth-order valence-electron chi connectivity index (χ4n) is 2.57. The van der Waals surface area contributed by atoms with E-state index in [1.54, 1.807) is 6.92 Å². The van der Waals surface area contributed by atoms with E-state index in [1.165, 1.54) is 29.8 Å². The highest BCUT2D eigenvalue weighted by Gasteiger charge is 2.21. The lowest BCUT2D eigenvalue weighted by molar-refractivity contribution is 0.100. The van der Waals surface area contributed by atoms with Crippen molar-refractivity contribution < 1.29 is 9.18 Å². The van der Waals surface area contributed by atoms with Crippen LogP contribution in [-0.4, -0.2) is 21.5 Å². The average molecular weight is 348 g/mol. The van der Waals surface area contributed by atoms with Gasteiger partial charge in [-0.25, -0.2) is 9.18 Å². The molecule has 134 valence electrons. The van der Waals surface area contributed by atoms with Gasteiger partial charge in [0.2, 0.25) is 0 Å². The Morgan fingerprint density at radius 3 is 2.60 bits per heavy atom. The summed E-state index contributed by atoms with van der Waals surface area (Å²) in [4.78, 5) is 36.9. The molecule has 1 aromatic carbocycles. The van der Waals surface area contributed by atoms with Gasteiger partial charge in [0.25, 0.3) is 5.56 Å². The van der Waals surface area contributed by atoms with Crippen molar-refractivity contribution in [2.24, 2.45) is 7.05 Å². The zero-order valence-electron chi connectivity index (χ0n) is 14.4. The fraction of sp³-hybridized carbons (Fsp3) is 0.353. The Balaban J connectivity index is 2.36. The third-order valence-corrected chi connectivity index (χ3v) is 3.94. The predicted molar refractivity (Wildman–Crippen MR) is 94.6 cm³/mol. The molecular weight excluding hydrogens is 327 g/mol. The van der Waals surface area contributed by atoms with E-state index < -0.39 is 17.0 Å². The number of carbonyl (C=O) groups is 1. The summed E-state index contributed by atoms with van der Waals surface area (Å²) in [7, 11) is 1.31. The van der Waals surface area contributed by atoms with Gasteiger partial charge in [-0.05, 0) is 37.1 Å². The molecule has 0 unspecified atom stereocenters. The molecule has 1 aromatic heterocycles. The van der Waals surface area contributed by atoms with Crippen LogP contribution in [-0.2, 0) is 13.6 Å². The molecule has 2 rings (SSSR count). The largest absolute Gasteiger partial charge is 0.384 e. The topological polar surface area (TPSA) is 99.1 Å². The molecule has 8 heteroatoms. The lowest BCUT2D eigenvalue weighted by Gasteiger charge is -2.14. The monoisotopic (exact) mass is 348 g/mol. The van der Waals surface area contributed by atoms with Gasteiger partial charge in [-0.3, -0.25) is 18.7 Å². The molecule has 3 N–H and O–H groups in total. The number of anilines is 2. The van der Waals surface area contributed by atoms with Crippen molar-refractivity contribution in [1.82, 2.24) is 9.13 Å². The van der Waals surface area contributed by atoms with E-state index in [4.69, 9.17) is 5.73 Å². The molecule has 0 radical (unpaired) electrons. The summed E-state index contributed by atoms with van der Waals surface area (Å²) in [6, 6.07) is 4.12. The summed E-state index contributed by atoms with van der Waals surface area (Å²) in [5.74, 6) is -1.04. The molecule has 0 aliphatic heterocycles. The van der Waals surface area contributed by atoms with Crippen LogP contribution >= 0.6 is 0 Å². The Morgan fingerprint density at radius 1 is 1.32 bits per heavy atom. The molecule has 0 fully saturated rings. The normalized spacial score (nSPS) is 10.7. The SMILES string of the molecule is CCCn1c(N)c(C(=O)CNc2ccc(F)cc2C)c(=O)n(C)c1=O. The minimum Gasteiger partial charge on any atom is -0.384 e. The Hall–Kier alpha value is -2.90. The number of nitrogens with two attached hydrogens (primary N) is 1. The maximum atomic E-state index is 13.1. The molecule has 0 saturated heterocycles. The van der Waals surface area contributed by atoms with Crippen LogP contribution in [0.1, 0.15) is 29.3 Å². The average Bonchev–Trinajstić information content (AvgIpc) is 2.56. The number of benzene rings is 1. The smallest absolute Gasteiger partial charge is 0.332 e. The molecule has 7 nitrogen and oxygen atoms in total. The second-order valence-electron chi connectivity index (χ2n) is 5.79. The van der Waals surface area contributed by atoms with Gasteiger partial charge < -0.3 is 11.1 Å². The van der Waals surface area contributed by atoms with Crippen molar-refractivity contribution in [2.75, 3.05) is 17.6 Å². The zero-order valence-corrected chi connectivity index (χ0v) is 14.4. The number of carbonyl (C=O) groups excluding carboxylic acids is 1. The third kappa shape index (κ3) is 3.62. The summed E-state index contributed by atoms with van der Waals surface area (Å²) in [5, 5.41) is 2.87. The summed E-state index contributed by atoms with van der Waals surface area (Å²) in [6.45, 7) is 3.67. The third-order valence-electron chi connectivity index (χ3n) is 3.94.